The van der Waals surface area contributed by atoms with E-state index >= 15 is 0 Å². The van der Waals surface area contributed by atoms with E-state index in [1.54, 1.807) is 19.2 Å². The van der Waals surface area contributed by atoms with Crippen LogP contribution in [0, 0.1) is 11.6 Å². The normalized spacial score (nSPS) is 19.7. The van der Waals surface area contributed by atoms with E-state index in [2.05, 4.69) is 21.9 Å². The molecular formula is C17H17F2N5O2S2. The van der Waals surface area contributed by atoms with Gasteiger partial charge >= 0.3 is 0 Å². The van der Waals surface area contributed by atoms with Crippen LogP contribution in [0.15, 0.2) is 39.5 Å². The zero-order valence-corrected chi connectivity index (χ0v) is 16.5. The summed E-state index contributed by atoms with van der Waals surface area (Å²) in [5.41, 5.74) is 6.65. The van der Waals surface area contributed by atoms with Crippen molar-refractivity contribution in [2.24, 2.45) is 20.9 Å². The Bertz CT molecular complexity index is 976. The van der Waals surface area contributed by atoms with Crippen LogP contribution in [0.1, 0.15) is 16.5 Å². The smallest absolute Gasteiger partial charge is 0.203 e. The van der Waals surface area contributed by atoms with E-state index < -0.39 is 28.7 Å². The molecule has 0 aliphatic carbocycles. The van der Waals surface area contributed by atoms with Crippen molar-refractivity contribution >= 4 is 41.4 Å². The summed E-state index contributed by atoms with van der Waals surface area (Å²) in [7, 11) is 0.155. The molecule has 0 saturated carbocycles. The summed E-state index contributed by atoms with van der Waals surface area (Å²) < 4.78 is 47.5. The van der Waals surface area contributed by atoms with Crippen molar-refractivity contribution in [1.82, 2.24) is 4.31 Å². The van der Waals surface area contributed by atoms with Crippen LogP contribution >= 0.6 is 11.3 Å². The number of rotatable bonds is 6. The minimum absolute atomic E-state index is 0.0740. The monoisotopic (exact) mass is 425 g/mol. The van der Waals surface area contributed by atoms with Gasteiger partial charge in [-0.05, 0) is 23.8 Å². The molecule has 7 nitrogen and oxygen atoms in total. The van der Waals surface area contributed by atoms with E-state index in [1.165, 1.54) is 16.4 Å². The van der Waals surface area contributed by atoms with Gasteiger partial charge in [-0.3, -0.25) is 4.31 Å². The molecule has 2 aromatic rings. The van der Waals surface area contributed by atoms with Crippen molar-refractivity contribution in [3.05, 3.63) is 46.3 Å². The van der Waals surface area contributed by atoms with Gasteiger partial charge in [-0.15, -0.1) is 16.4 Å². The fourth-order valence-electron chi connectivity index (χ4n) is 2.56. The highest BCUT2D eigenvalue weighted by atomic mass is 32.2. The van der Waals surface area contributed by atoms with Gasteiger partial charge < -0.3 is 10.5 Å². The van der Waals surface area contributed by atoms with Gasteiger partial charge in [-0.25, -0.2) is 18.0 Å². The first kappa shape index (κ1) is 20.1. The number of thiophene rings is 1. The Balaban J connectivity index is 1.89. The van der Waals surface area contributed by atoms with E-state index in [0.717, 1.165) is 17.7 Å². The van der Waals surface area contributed by atoms with Gasteiger partial charge in [0.15, 0.2) is 6.40 Å². The molecule has 0 amide bonds. The molecule has 11 heteroatoms. The Kier molecular flexibility index (Phi) is 6.15. The molecule has 0 fully saturated rings. The highest BCUT2D eigenvalue weighted by molar-refractivity contribution is 7.83. The molecule has 0 bridgehead atoms. The molecule has 148 valence electrons. The second-order valence-electron chi connectivity index (χ2n) is 5.80. The lowest BCUT2D eigenvalue weighted by molar-refractivity contribution is 0.307. The maximum Gasteiger partial charge on any atom is 0.203 e. The molecule has 28 heavy (non-hydrogen) atoms. The molecule has 2 atom stereocenters. The van der Waals surface area contributed by atoms with Crippen molar-refractivity contribution in [3.8, 4) is 10.4 Å². The molecule has 3 rings (SSSR count). The van der Waals surface area contributed by atoms with Crippen molar-refractivity contribution in [2.75, 3.05) is 12.8 Å². The van der Waals surface area contributed by atoms with E-state index in [9.17, 15) is 13.0 Å². The molecular weight excluding hydrogens is 408 g/mol. The average Bonchev–Trinajstić information content (AvgIpc) is 3.05. The topological polar surface area (TPSA) is 92.6 Å². The first-order chi connectivity index (χ1) is 13.4. The van der Waals surface area contributed by atoms with Gasteiger partial charge in [0, 0.05) is 24.2 Å². The molecule has 0 radical (unpaired) electrons. The van der Waals surface area contributed by atoms with Crippen LogP contribution in [-0.2, 0) is 22.3 Å². The van der Waals surface area contributed by atoms with Gasteiger partial charge in [0.05, 0.1) is 10.6 Å². The maximum atomic E-state index is 14.6. The molecule has 2 N–H and O–H groups in total. The molecule has 0 saturated heterocycles. The van der Waals surface area contributed by atoms with E-state index in [0.29, 0.717) is 10.4 Å². The number of guanidine groups is 1. The summed E-state index contributed by atoms with van der Waals surface area (Å²) in [5, 5.41) is 6.73. The van der Waals surface area contributed by atoms with E-state index in [-0.39, 0.29) is 28.8 Å². The predicted octanol–water partition coefficient (Wildman–Crippen LogP) is 2.82. The van der Waals surface area contributed by atoms with E-state index in [4.69, 9.17) is 10.5 Å². The third kappa shape index (κ3) is 4.25. The van der Waals surface area contributed by atoms with Crippen molar-refractivity contribution in [2.45, 2.75) is 12.6 Å². The Morgan fingerprint density at radius 3 is 2.96 bits per heavy atom. The Hall–Kier alpha value is -2.66. The first-order valence-electron chi connectivity index (χ1n) is 8.03. The van der Waals surface area contributed by atoms with Crippen molar-refractivity contribution in [1.29, 1.82) is 0 Å². The number of hydrogen-bond donors (Lipinski definition) is 1. The molecule has 2 heterocycles. The number of ether oxygens (including phenoxy) is 1. The van der Waals surface area contributed by atoms with Gasteiger partial charge in [0.1, 0.15) is 35.3 Å². The third-order valence-corrected chi connectivity index (χ3v) is 6.63. The second-order valence-corrected chi connectivity index (χ2v) is 8.41. The second kappa shape index (κ2) is 8.57. The fourth-order valence-corrected chi connectivity index (χ4v) is 4.75. The number of nitrogens with two attached hydrogens (primary N) is 1. The van der Waals surface area contributed by atoms with Crippen LogP contribution in [0.3, 0.4) is 0 Å². The number of halogens is 2. The van der Waals surface area contributed by atoms with Gasteiger partial charge in [-0.1, -0.05) is 6.07 Å². The lowest BCUT2D eigenvalue weighted by Crippen LogP contribution is -2.41. The summed E-state index contributed by atoms with van der Waals surface area (Å²) >= 11 is 1.06. The minimum atomic E-state index is -1.40. The molecule has 0 spiro atoms. The SMILES string of the molecule is C=N/N=C\OCc1ccc(F)c(-c2cc(F)c(C3CS(=O)N(C)C(N)=N3)s2)c1. The number of nitrogens with zero attached hydrogens (tertiary/aromatic N) is 4. The summed E-state index contributed by atoms with van der Waals surface area (Å²) in [4.78, 5) is 4.87. The molecule has 1 aromatic heterocycles. The van der Waals surface area contributed by atoms with Crippen LogP contribution in [0.25, 0.3) is 10.4 Å². The molecule has 1 aromatic carbocycles. The minimum Gasteiger partial charge on any atom is -0.477 e. The Morgan fingerprint density at radius 2 is 2.25 bits per heavy atom. The summed E-state index contributed by atoms with van der Waals surface area (Å²) in [6.07, 6.45) is 1.13. The number of hydrogen-bond acceptors (Lipinski definition) is 7. The fraction of sp³-hybridized carbons (Fsp3) is 0.235. The van der Waals surface area contributed by atoms with Crippen LogP contribution in [0.5, 0.6) is 0 Å². The van der Waals surface area contributed by atoms with E-state index in [1.807, 2.05) is 0 Å². The molecule has 1 aliphatic heterocycles. The maximum absolute atomic E-state index is 14.6. The zero-order valence-electron chi connectivity index (χ0n) is 14.8. The molecule has 2 unspecified atom stereocenters. The van der Waals surface area contributed by atoms with Gasteiger partial charge in [0.2, 0.25) is 5.96 Å². The Labute approximate surface area is 166 Å². The largest absolute Gasteiger partial charge is 0.477 e. The van der Waals surface area contributed by atoms with Crippen molar-refractivity contribution in [3.63, 3.8) is 0 Å². The van der Waals surface area contributed by atoms with Gasteiger partial charge in [-0.2, -0.15) is 5.10 Å². The van der Waals surface area contributed by atoms with Crippen LogP contribution < -0.4 is 5.73 Å². The first-order valence-corrected chi connectivity index (χ1v) is 10.1. The van der Waals surface area contributed by atoms with Gasteiger partial charge in [0.25, 0.3) is 0 Å². The summed E-state index contributed by atoms with van der Waals surface area (Å²) in [6.45, 7) is 3.32. The zero-order chi connectivity index (χ0) is 20.3. The predicted molar refractivity (Wildman–Crippen MR) is 108 cm³/mol. The number of aliphatic imine (C=N–C) groups is 1. The van der Waals surface area contributed by atoms with Crippen LogP contribution in [0.2, 0.25) is 0 Å². The lowest BCUT2D eigenvalue weighted by Gasteiger charge is -2.25. The Morgan fingerprint density at radius 1 is 1.46 bits per heavy atom. The number of benzene rings is 1. The quantitative estimate of drug-likeness (QED) is 0.438. The van der Waals surface area contributed by atoms with Crippen molar-refractivity contribution < 1.29 is 17.7 Å². The van der Waals surface area contributed by atoms with Crippen LogP contribution in [-0.4, -0.2) is 40.4 Å². The molecule has 1 aliphatic rings. The standard InChI is InChI=1S/C17H17F2N5O2S2/c1-21-22-9-26-7-10-3-4-12(18)11(5-10)15-6-13(19)16(27-15)14-8-28(25)24(2)17(20)23-14/h3-6,9,14H,1,7-8H2,2H3,(H2,20,23)/b22-9-. The van der Waals surface area contributed by atoms with Crippen LogP contribution in [0.4, 0.5) is 8.78 Å². The highest BCUT2D eigenvalue weighted by Crippen LogP contribution is 2.38. The third-order valence-electron chi connectivity index (χ3n) is 3.98. The lowest BCUT2D eigenvalue weighted by atomic mass is 10.1. The summed E-state index contributed by atoms with van der Waals surface area (Å²) in [6, 6.07) is 5.00. The highest BCUT2D eigenvalue weighted by Gasteiger charge is 2.29. The average molecular weight is 425 g/mol. The summed E-state index contributed by atoms with van der Waals surface area (Å²) in [5.74, 6) is -0.840.